The molecule has 0 spiro atoms. The van der Waals surface area contributed by atoms with E-state index in [1.165, 1.54) is 0 Å². The van der Waals surface area contributed by atoms with Gasteiger partial charge in [-0.1, -0.05) is 23.7 Å². The zero-order valence-electron chi connectivity index (χ0n) is 15.1. The van der Waals surface area contributed by atoms with Crippen LogP contribution >= 0.6 is 11.6 Å². The van der Waals surface area contributed by atoms with Gasteiger partial charge in [-0.25, -0.2) is 0 Å². The molecule has 2 rings (SSSR count). The van der Waals surface area contributed by atoms with Crippen molar-refractivity contribution in [3.05, 3.63) is 58.1 Å². The number of rotatable bonds is 7. The Bertz CT molecular complexity index is 746. The van der Waals surface area contributed by atoms with Gasteiger partial charge < -0.3 is 14.8 Å². The lowest BCUT2D eigenvalue weighted by atomic mass is 10.1. The van der Waals surface area contributed by atoms with Crippen molar-refractivity contribution >= 4 is 17.5 Å². The minimum Gasteiger partial charge on any atom is -0.490 e. The van der Waals surface area contributed by atoms with Crippen molar-refractivity contribution in [3.8, 4) is 11.5 Å². The first kappa shape index (κ1) is 19.1. The van der Waals surface area contributed by atoms with Crippen LogP contribution in [-0.2, 0) is 0 Å². The molecule has 4 nitrogen and oxygen atoms in total. The minimum atomic E-state index is -0.204. The summed E-state index contributed by atoms with van der Waals surface area (Å²) in [5.74, 6) is 1.17. The first-order valence-corrected chi connectivity index (χ1v) is 8.80. The molecule has 1 amide bonds. The molecule has 2 aromatic carbocycles. The maximum absolute atomic E-state index is 12.5. The van der Waals surface area contributed by atoms with Crippen LogP contribution in [0.15, 0.2) is 36.4 Å². The molecule has 1 atom stereocenters. The molecule has 1 N–H and O–H groups in total. The molecule has 0 bridgehead atoms. The van der Waals surface area contributed by atoms with Crippen LogP contribution in [0.3, 0.4) is 0 Å². The number of carbonyl (C=O) groups is 1. The fraction of sp³-hybridized carbons (Fsp3) is 0.350. The SMILES string of the molecule is CCOc1ccc([C@@H](C)NC(=O)c2ccc(C)cc2Cl)cc1OCC. The number of halogens is 1. The van der Waals surface area contributed by atoms with Gasteiger partial charge in [-0.15, -0.1) is 0 Å². The lowest BCUT2D eigenvalue weighted by Gasteiger charge is -2.18. The average molecular weight is 362 g/mol. The van der Waals surface area contributed by atoms with Crippen molar-refractivity contribution < 1.29 is 14.3 Å². The van der Waals surface area contributed by atoms with Gasteiger partial charge >= 0.3 is 0 Å². The van der Waals surface area contributed by atoms with Gasteiger partial charge in [-0.2, -0.15) is 0 Å². The normalized spacial score (nSPS) is 11.7. The van der Waals surface area contributed by atoms with E-state index in [4.69, 9.17) is 21.1 Å². The standard InChI is InChI=1S/C20H24ClNO3/c1-5-24-18-10-8-15(12-19(18)25-6-2)14(4)22-20(23)16-9-7-13(3)11-17(16)21/h7-12,14H,5-6H2,1-4H3,(H,22,23)/t14-/m1/s1. The van der Waals surface area contributed by atoms with Crippen molar-refractivity contribution in [1.82, 2.24) is 5.32 Å². The number of nitrogens with one attached hydrogen (secondary N) is 1. The highest BCUT2D eigenvalue weighted by Gasteiger charge is 2.16. The van der Waals surface area contributed by atoms with Gasteiger partial charge in [0.1, 0.15) is 0 Å². The van der Waals surface area contributed by atoms with Gasteiger partial charge in [0.15, 0.2) is 11.5 Å². The predicted octanol–water partition coefficient (Wildman–Crippen LogP) is 4.94. The summed E-state index contributed by atoms with van der Waals surface area (Å²) in [4.78, 5) is 12.5. The zero-order chi connectivity index (χ0) is 18.4. The quantitative estimate of drug-likeness (QED) is 0.760. The van der Waals surface area contributed by atoms with E-state index < -0.39 is 0 Å². The van der Waals surface area contributed by atoms with E-state index >= 15 is 0 Å². The number of carbonyl (C=O) groups excluding carboxylic acids is 1. The molecular formula is C20H24ClNO3. The van der Waals surface area contributed by atoms with Crippen LogP contribution in [0.4, 0.5) is 0 Å². The summed E-state index contributed by atoms with van der Waals surface area (Å²) in [6.45, 7) is 8.82. The minimum absolute atomic E-state index is 0.195. The number of aryl methyl sites for hydroxylation is 1. The first-order chi connectivity index (χ1) is 12.0. The Morgan fingerprint density at radius 3 is 2.40 bits per heavy atom. The van der Waals surface area contributed by atoms with E-state index in [1.54, 1.807) is 12.1 Å². The summed E-state index contributed by atoms with van der Waals surface area (Å²) < 4.78 is 11.2. The summed E-state index contributed by atoms with van der Waals surface area (Å²) >= 11 is 6.18. The number of hydrogen-bond acceptors (Lipinski definition) is 3. The first-order valence-electron chi connectivity index (χ1n) is 8.42. The molecule has 0 aromatic heterocycles. The Kier molecular flexibility index (Phi) is 6.71. The van der Waals surface area contributed by atoms with Crippen molar-refractivity contribution in [2.24, 2.45) is 0 Å². The molecule has 0 aliphatic heterocycles. The third kappa shape index (κ3) is 4.89. The predicted molar refractivity (Wildman–Crippen MR) is 101 cm³/mol. The van der Waals surface area contributed by atoms with E-state index in [1.807, 2.05) is 52.0 Å². The molecule has 25 heavy (non-hydrogen) atoms. The van der Waals surface area contributed by atoms with Crippen molar-refractivity contribution in [3.63, 3.8) is 0 Å². The van der Waals surface area contributed by atoms with Crippen LogP contribution in [-0.4, -0.2) is 19.1 Å². The Hall–Kier alpha value is -2.20. The van der Waals surface area contributed by atoms with Gasteiger partial charge in [0.2, 0.25) is 0 Å². The third-order valence-corrected chi connectivity index (χ3v) is 4.10. The van der Waals surface area contributed by atoms with Crippen LogP contribution in [0.5, 0.6) is 11.5 Å². The lowest BCUT2D eigenvalue weighted by molar-refractivity contribution is 0.0940. The van der Waals surface area contributed by atoms with Crippen LogP contribution in [0.1, 0.15) is 48.3 Å². The number of ether oxygens (including phenoxy) is 2. The molecule has 0 aliphatic carbocycles. The summed E-state index contributed by atoms with van der Waals surface area (Å²) in [5, 5.41) is 3.42. The highest BCUT2D eigenvalue weighted by Crippen LogP contribution is 2.31. The zero-order valence-corrected chi connectivity index (χ0v) is 15.8. The number of hydrogen-bond donors (Lipinski definition) is 1. The Morgan fingerprint density at radius 2 is 1.76 bits per heavy atom. The van der Waals surface area contributed by atoms with Crippen molar-refractivity contribution in [2.75, 3.05) is 13.2 Å². The summed E-state index contributed by atoms with van der Waals surface area (Å²) in [7, 11) is 0. The molecule has 0 saturated carbocycles. The van der Waals surface area contributed by atoms with Gasteiger partial charge in [-0.3, -0.25) is 4.79 Å². The summed E-state index contributed by atoms with van der Waals surface area (Å²) in [6.07, 6.45) is 0. The van der Waals surface area contributed by atoms with Gasteiger partial charge in [0.25, 0.3) is 5.91 Å². The van der Waals surface area contributed by atoms with Crippen molar-refractivity contribution in [2.45, 2.75) is 33.7 Å². The second kappa shape index (κ2) is 8.77. The van der Waals surface area contributed by atoms with E-state index in [0.717, 1.165) is 11.1 Å². The summed E-state index contributed by atoms with van der Waals surface area (Å²) in [5.41, 5.74) is 2.42. The van der Waals surface area contributed by atoms with E-state index in [9.17, 15) is 4.79 Å². The van der Waals surface area contributed by atoms with Crippen LogP contribution in [0.2, 0.25) is 5.02 Å². The topological polar surface area (TPSA) is 47.6 Å². The van der Waals surface area contributed by atoms with E-state index in [-0.39, 0.29) is 11.9 Å². The number of benzene rings is 2. The summed E-state index contributed by atoms with van der Waals surface area (Å²) in [6, 6.07) is 10.9. The van der Waals surface area contributed by atoms with Gasteiger partial charge in [-0.05, 0) is 63.1 Å². The molecule has 0 heterocycles. The fourth-order valence-corrected chi connectivity index (χ4v) is 2.82. The second-order valence-electron chi connectivity index (χ2n) is 5.75. The molecule has 0 radical (unpaired) electrons. The molecule has 0 saturated heterocycles. The van der Waals surface area contributed by atoms with Crippen LogP contribution < -0.4 is 14.8 Å². The molecule has 134 valence electrons. The molecular weight excluding hydrogens is 338 g/mol. The maximum atomic E-state index is 12.5. The van der Waals surface area contributed by atoms with Crippen LogP contribution in [0.25, 0.3) is 0 Å². The maximum Gasteiger partial charge on any atom is 0.253 e. The van der Waals surface area contributed by atoms with Gasteiger partial charge in [0.05, 0.1) is 29.8 Å². The molecule has 0 fully saturated rings. The highest BCUT2D eigenvalue weighted by molar-refractivity contribution is 6.33. The highest BCUT2D eigenvalue weighted by atomic mass is 35.5. The molecule has 0 unspecified atom stereocenters. The fourth-order valence-electron chi connectivity index (χ4n) is 2.50. The Morgan fingerprint density at radius 1 is 1.08 bits per heavy atom. The van der Waals surface area contributed by atoms with Gasteiger partial charge in [0, 0.05) is 0 Å². The Balaban J connectivity index is 2.18. The molecule has 5 heteroatoms. The number of amides is 1. The third-order valence-electron chi connectivity index (χ3n) is 3.78. The molecule has 0 aliphatic rings. The largest absolute Gasteiger partial charge is 0.490 e. The average Bonchev–Trinajstić information content (AvgIpc) is 2.56. The van der Waals surface area contributed by atoms with E-state index in [0.29, 0.717) is 35.3 Å². The second-order valence-corrected chi connectivity index (χ2v) is 6.16. The van der Waals surface area contributed by atoms with Crippen LogP contribution in [0, 0.1) is 6.92 Å². The smallest absolute Gasteiger partial charge is 0.253 e. The monoisotopic (exact) mass is 361 g/mol. The Labute approximate surface area is 154 Å². The lowest BCUT2D eigenvalue weighted by Crippen LogP contribution is -2.27. The molecule has 2 aromatic rings. The van der Waals surface area contributed by atoms with Crippen molar-refractivity contribution in [1.29, 1.82) is 0 Å². The van der Waals surface area contributed by atoms with E-state index in [2.05, 4.69) is 5.32 Å².